The quantitative estimate of drug-likeness (QED) is 0.377. The summed E-state index contributed by atoms with van der Waals surface area (Å²) in [6, 6.07) is 0. The molecule has 0 aromatic carbocycles. The fraction of sp³-hybridized carbons (Fsp3) is 0.909. The zero-order valence-corrected chi connectivity index (χ0v) is 10.2. The lowest BCUT2D eigenvalue weighted by molar-refractivity contribution is -0.00461. The first-order valence-corrected chi connectivity index (χ1v) is 5.78. The van der Waals surface area contributed by atoms with Crippen LogP contribution < -0.4 is 5.73 Å². The molecule has 2 unspecified atom stereocenters. The van der Waals surface area contributed by atoms with Crippen molar-refractivity contribution in [2.45, 2.75) is 31.5 Å². The van der Waals surface area contributed by atoms with Crippen LogP contribution in [0.1, 0.15) is 19.3 Å². The van der Waals surface area contributed by atoms with Gasteiger partial charge in [-0.15, -0.1) is 0 Å². The molecule has 3 N–H and O–H groups in total. The van der Waals surface area contributed by atoms with E-state index in [0.29, 0.717) is 6.42 Å². The Kier molecular flexibility index (Phi) is 5.73. The number of nitrogens with one attached hydrogen (secondary N) is 1. The fourth-order valence-electron chi connectivity index (χ4n) is 2.10. The SMILES string of the molecule is COC1CN(CCCCC(=N)N)CC1OC. The monoisotopic (exact) mass is 229 g/mol. The van der Waals surface area contributed by atoms with E-state index in [1.54, 1.807) is 14.2 Å². The number of hydrogen-bond donors (Lipinski definition) is 2. The summed E-state index contributed by atoms with van der Waals surface area (Å²) in [7, 11) is 3.46. The number of hydrogen-bond acceptors (Lipinski definition) is 4. The average Bonchev–Trinajstić information content (AvgIpc) is 2.66. The van der Waals surface area contributed by atoms with E-state index < -0.39 is 0 Å². The predicted octanol–water partition coefficient (Wildman–Crippen LogP) is 0.438. The summed E-state index contributed by atoms with van der Waals surface area (Å²) in [5, 5.41) is 7.13. The molecule has 0 spiro atoms. The number of nitrogens with two attached hydrogens (primary N) is 1. The van der Waals surface area contributed by atoms with Gasteiger partial charge >= 0.3 is 0 Å². The minimum atomic E-state index is 0.192. The van der Waals surface area contributed by atoms with E-state index in [-0.39, 0.29) is 18.0 Å². The van der Waals surface area contributed by atoms with Crippen LogP contribution in [0, 0.1) is 5.41 Å². The molecule has 0 bridgehead atoms. The van der Waals surface area contributed by atoms with Gasteiger partial charge in [0.25, 0.3) is 0 Å². The van der Waals surface area contributed by atoms with E-state index in [9.17, 15) is 0 Å². The fourth-order valence-corrected chi connectivity index (χ4v) is 2.10. The molecule has 0 aromatic rings. The van der Waals surface area contributed by atoms with E-state index in [0.717, 1.165) is 32.5 Å². The van der Waals surface area contributed by atoms with Crippen LogP contribution in [0.2, 0.25) is 0 Å². The zero-order valence-electron chi connectivity index (χ0n) is 10.2. The molecular formula is C11H23N3O2. The van der Waals surface area contributed by atoms with Crippen LogP contribution >= 0.6 is 0 Å². The van der Waals surface area contributed by atoms with E-state index in [4.69, 9.17) is 20.6 Å². The molecule has 0 aliphatic carbocycles. The van der Waals surface area contributed by atoms with Crippen molar-refractivity contribution < 1.29 is 9.47 Å². The first-order chi connectivity index (χ1) is 7.67. The topological polar surface area (TPSA) is 71.6 Å². The third-order valence-electron chi connectivity index (χ3n) is 3.07. The van der Waals surface area contributed by atoms with Gasteiger partial charge in [-0.25, -0.2) is 0 Å². The number of amidine groups is 1. The van der Waals surface area contributed by atoms with Gasteiger partial charge in [0.15, 0.2) is 0 Å². The Balaban J connectivity index is 2.17. The van der Waals surface area contributed by atoms with Crippen molar-refractivity contribution in [1.82, 2.24) is 4.90 Å². The van der Waals surface area contributed by atoms with Crippen LogP contribution in [-0.4, -0.2) is 56.8 Å². The van der Waals surface area contributed by atoms with Gasteiger partial charge in [0.2, 0.25) is 0 Å². The molecule has 0 amide bonds. The molecular weight excluding hydrogens is 206 g/mol. The van der Waals surface area contributed by atoms with Crippen molar-refractivity contribution in [2.24, 2.45) is 5.73 Å². The molecule has 0 aromatic heterocycles. The second kappa shape index (κ2) is 6.83. The summed E-state index contributed by atoms with van der Waals surface area (Å²) in [5.74, 6) is 0.283. The lowest BCUT2D eigenvalue weighted by Crippen LogP contribution is -2.27. The zero-order chi connectivity index (χ0) is 12.0. The number of likely N-dealkylation sites (tertiary alicyclic amines) is 1. The van der Waals surface area contributed by atoms with Crippen LogP contribution in [0.15, 0.2) is 0 Å². The van der Waals surface area contributed by atoms with Gasteiger partial charge in [0.1, 0.15) is 0 Å². The Bertz CT molecular complexity index is 211. The maximum Gasteiger partial charge on any atom is 0.0971 e. The lowest BCUT2D eigenvalue weighted by atomic mass is 10.2. The summed E-state index contributed by atoms with van der Waals surface area (Å²) in [6.07, 6.45) is 3.15. The van der Waals surface area contributed by atoms with Gasteiger partial charge in [-0.1, -0.05) is 0 Å². The first kappa shape index (κ1) is 13.4. The van der Waals surface area contributed by atoms with Gasteiger partial charge in [-0.2, -0.15) is 0 Å². The first-order valence-electron chi connectivity index (χ1n) is 5.78. The number of unbranched alkanes of at least 4 members (excludes halogenated alkanes) is 1. The standard InChI is InChI=1S/C11H23N3O2/c1-15-9-7-14(8-10(9)16-2)6-4-3-5-11(12)13/h9-10H,3-8H2,1-2H3,(H3,12,13). The van der Waals surface area contributed by atoms with E-state index >= 15 is 0 Å². The van der Waals surface area contributed by atoms with Crippen LogP contribution in [0.25, 0.3) is 0 Å². The van der Waals surface area contributed by atoms with Crippen molar-refractivity contribution in [3.8, 4) is 0 Å². The molecule has 0 radical (unpaired) electrons. The maximum absolute atomic E-state index is 7.13. The molecule has 1 aliphatic heterocycles. The van der Waals surface area contributed by atoms with Crippen LogP contribution in [0.5, 0.6) is 0 Å². The molecule has 1 aliphatic rings. The summed E-state index contributed by atoms with van der Waals surface area (Å²) in [4.78, 5) is 2.35. The van der Waals surface area contributed by atoms with E-state index in [2.05, 4.69) is 4.90 Å². The van der Waals surface area contributed by atoms with Crippen LogP contribution in [0.4, 0.5) is 0 Å². The average molecular weight is 229 g/mol. The summed E-state index contributed by atoms with van der Waals surface area (Å²) in [6.45, 7) is 2.91. The van der Waals surface area contributed by atoms with Gasteiger partial charge < -0.3 is 15.2 Å². The Labute approximate surface area is 97.4 Å². The normalized spacial score (nSPS) is 26.1. The van der Waals surface area contributed by atoms with Gasteiger partial charge in [0, 0.05) is 33.7 Å². The highest BCUT2D eigenvalue weighted by molar-refractivity contribution is 5.76. The summed E-state index contributed by atoms with van der Waals surface area (Å²) >= 11 is 0. The smallest absolute Gasteiger partial charge is 0.0971 e. The third-order valence-corrected chi connectivity index (χ3v) is 3.07. The van der Waals surface area contributed by atoms with Crippen molar-refractivity contribution in [1.29, 1.82) is 5.41 Å². The molecule has 1 fully saturated rings. The molecule has 1 rings (SSSR count). The second-order valence-electron chi connectivity index (χ2n) is 4.29. The van der Waals surface area contributed by atoms with Crippen molar-refractivity contribution in [2.75, 3.05) is 33.9 Å². The van der Waals surface area contributed by atoms with E-state index in [1.165, 1.54) is 0 Å². The molecule has 5 nitrogen and oxygen atoms in total. The molecule has 1 heterocycles. The lowest BCUT2D eigenvalue weighted by Gasteiger charge is -2.14. The Morgan fingerprint density at radius 1 is 1.25 bits per heavy atom. The molecule has 2 atom stereocenters. The third kappa shape index (κ3) is 4.08. The highest BCUT2D eigenvalue weighted by Crippen LogP contribution is 2.16. The number of methoxy groups -OCH3 is 2. The van der Waals surface area contributed by atoms with Gasteiger partial charge in [0.05, 0.1) is 18.0 Å². The van der Waals surface area contributed by atoms with Crippen molar-refractivity contribution in [3.05, 3.63) is 0 Å². The van der Waals surface area contributed by atoms with Crippen LogP contribution in [0.3, 0.4) is 0 Å². The Hall–Kier alpha value is -0.650. The second-order valence-corrected chi connectivity index (χ2v) is 4.29. The van der Waals surface area contributed by atoms with Gasteiger partial charge in [-0.05, 0) is 19.4 Å². The number of ether oxygens (including phenoxy) is 2. The number of rotatable bonds is 7. The number of nitrogens with zero attached hydrogens (tertiary/aromatic N) is 1. The minimum Gasteiger partial charge on any atom is -0.388 e. The highest BCUT2D eigenvalue weighted by atomic mass is 16.5. The molecule has 1 saturated heterocycles. The van der Waals surface area contributed by atoms with Crippen molar-refractivity contribution >= 4 is 5.84 Å². The van der Waals surface area contributed by atoms with E-state index in [1.807, 2.05) is 0 Å². The molecule has 16 heavy (non-hydrogen) atoms. The van der Waals surface area contributed by atoms with Gasteiger partial charge in [-0.3, -0.25) is 10.3 Å². The molecule has 5 heteroatoms. The predicted molar refractivity (Wildman–Crippen MR) is 63.8 cm³/mol. The largest absolute Gasteiger partial charge is 0.388 e. The summed E-state index contributed by atoms with van der Waals surface area (Å²) < 4.78 is 10.7. The Morgan fingerprint density at radius 2 is 1.81 bits per heavy atom. The maximum atomic E-state index is 7.13. The van der Waals surface area contributed by atoms with Crippen LogP contribution in [-0.2, 0) is 9.47 Å². The minimum absolute atomic E-state index is 0.192. The molecule has 94 valence electrons. The van der Waals surface area contributed by atoms with Crippen molar-refractivity contribution in [3.63, 3.8) is 0 Å². The highest BCUT2D eigenvalue weighted by Gasteiger charge is 2.32. The Morgan fingerprint density at radius 3 is 2.25 bits per heavy atom. The molecule has 0 saturated carbocycles. The summed E-state index contributed by atoms with van der Waals surface area (Å²) in [5.41, 5.74) is 5.30.